The summed E-state index contributed by atoms with van der Waals surface area (Å²) in [6.45, 7) is 2.43. The number of carbonyl (C=O) groups is 1. The lowest BCUT2D eigenvalue weighted by Gasteiger charge is -2.10. The summed E-state index contributed by atoms with van der Waals surface area (Å²) in [7, 11) is 1.60. The fourth-order valence-electron chi connectivity index (χ4n) is 3.09. The van der Waals surface area contributed by atoms with Crippen LogP contribution in [0.2, 0.25) is 0 Å². The smallest absolute Gasteiger partial charge is 0.274 e. The summed E-state index contributed by atoms with van der Waals surface area (Å²) in [6.07, 6.45) is 3.37. The lowest BCUT2D eigenvalue weighted by molar-refractivity contribution is 0.0946. The van der Waals surface area contributed by atoms with Gasteiger partial charge >= 0.3 is 0 Å². The third-order valence-electron chi connectivity index (χ3n) is 4.69. The van der Waals surface area contributed by atoms with Crippen molar-refractivity contribution in [1.82, 2.24) is 25.3 Å². The molecular weight excluding hydrogens is 378 g/mol. The maximum Gasteiger partial charge on any atom is 0.274 e. The van der Waals surface area contributed by atoms with E-state index in [4.69, 9.17) is 4.74 Å². The average Bonchev–Trinajstić information content (AvgIpc) is 3.24. The topological polar surface area (TPSA) is 81.9 Å². The van der Waals surface area contributed by atoms with Crippen LogP contribution in [-0.4, -0.2) is 33.0 Å². The zero-order valence-corrected chi connectivity index (χ0v) is 16.7. The van der Waals surface area contributed by atoms with E-state index in [0.717, 1.165) is 16.8 Å². The van der Waals surface area contributed by atoms with E-state index in [-0.39, 0.29) is 11.6 Å². The van der Waals surface area contributed by atoms with Crippen LogP contribution in [0.5, 0.6) is 5.75 Å². The van der Waals surface area contributed by atoms with E-state index in [2.05, 4.69) is 20.6 Å². The minimum absolute atomic E-state index is 0.234. The van der Waals surface area contributed by atoms with E-state index < -0.39 is 0 Å². The maximum absolute atomic E-state index is 13.0. The molecule has 4 aromatic rings. The summed E-state index contributed by atoms with van der Waals surface area (Å²) in [5, 5.41) is 11.4. The minimum atomic E-state index is -0.302. The number of rotatable bonds is 6. The van der Waals surface area contributed by atoms with E-state index >= 15 is 0 Å². The van der Waals surface area contributed by atoms with Crippen molar-refractivity contribution in [3.63, 3.8) is 0 Å². The Balaban J connectivity index is 1.69. The van der Waals surface area contributed by atoms with Gasteiger partial charge in [0.1, 0.15) is 11.4 Å². The third kappa shape index (κ3) is 4.05. The van der Waals surface area contributed by atoms with Crippen LogP contribution >= 0.6 is 0 Å². The van der Waals surface area contributed by atoms with Crippen LogP contribution in [0.25, 0.3) is 16.9 Å². The Morgan fingerprint density at radius 2 is 1.93 bits per heavy atom. The predicted octanol–water partition coefficient (Wildman–Crippen LogP) is 3.58. The highest BCUT2D eigenvalue weighted by atomic mass is 16.5. The van der Waals surface area contributed by atoms with Crippen molar-refractivity contribution in [2.75, 3.05) is 7.11 Å². The molecule has 4 rings (SSSR count). The Hall–Kier alpha value is -4.00. The zero-order chi connectivity index (χ0) is 20.9. The SMILES string of the molecule is COc1cccc(-n2nnc(C(=O)NCc3ccc(C)cc3)c2-c2cccnc2)c1. The number of hydrogen-bond acceptors (Lipinski definition) is 5. The number of hydrogen-bond donors (Lipinski definition) is 1. The predicted molar refractivity (Wildman–Crippen MR) is 113 cm³/mol. The molecule has 7 nitrogen and oxygen atoms in total. The van der Waals surface area contributed by atoms with Gasteiger partial charge in [-0.05, 0) is 36.8 Å². The number of nitrogens with one attached hydrogen (secondary N) is 1. The van der Waals surface area contributed by atoms with Gasteiger partial charge in [-0.25, -0.2) is 4.68 Å². The first kappa shape index (κ1) is 19.3. The number of pyridine rings is 1. The van der Waals surface area contributed by atoms with Crippen molar-refractivity contribution < 1.29 is 9.53 Å². The van der Waals surface area contributed by atoms with E-state index in [1.807, 2.05) is 67.6 Å². The van der Waals surface area contributed by atoms with Crippen LogP contribution in [0.4, 0.5) is 0 Å². The van der Waals surface area contributed by atoms with Gasteiger partial charge in [-0.15, -0.1) is 5.10 Å². The van der Waals surface area contributed by atoms with Crippen LogP contribution in [0.15, 0.2) is 73.1 Å². The van der Waals surface area contributed by atoms with Crippen LogP contribution in [0.1, 0.15) is 21.6 Å². The van der Waals surface area contributed by atoms with Crippen molar-refractivity contribution >= 4 is 5.91 Å². The lowest BCUT2D eigenvalue weighted by Crippen LogP contribution is -2.24. The van der Waals surface area contributed by atoms with Gasteiger partial charge in [-0.2, -0.15) is 0 Å². The molecule has 2 aromatic carbocycles. The number of nitrogens with zero attached hydrogens (tertiary/aromatic N) is 4. The van der Waals surface area contributed by atoms with Crippen LogP contribution in [0.3, 0.4) is 0 Å². The van der Waals surface area contributed by atoms with E-state index in [1.165, 1.54) is 5.56 Å². The van der Waals surface area contributed by atoms with Gasteiger partial charge < -0.3 is 10.1 Å². The summed E-state index contributed by atoms with van der Waals surface area (Å²) < 4.78 is 6.94. The third-order valence-corrected chi connectivity index (χ3v) is 4.69. The second-order valence-electron chi connectivity index (χ2n) is 6.81. The van der Waals surface area contributed by atoms with Crippen molar-refractivity contribution in [2.45, 2.75) is 13.5 Å². The minimum Gasteiger partial charge on any atom is -0.497 e. The van der Waals surface area contributed by atoms with E-state index in [0.29, 0.717) is 18.0 Å². The average molecular weight is 399 g/mol. The first-order chi connectivity index (χ1) is 14.7. The summed E-state index contributed by atoms with van der Waals surface area (Å²) in [5.74, 6) is 0.383. The van der Waals surface area contributed by atoms with Crippen LogP contribution in [-0.2, 0) is 6.54 Å². The molecule has 30 heavy (non-hydrogen) atoms. The Morgan fingerprint density at radius 1 is 1.10 bits per heavy atom. The van der Waals surface area contributed by atoms with Crippen molar-refractivity contribution in [3.05, 3.63) is 89.9 Å². The van der Waals surface area contributed by atoms with E-state index in [9.17, 15) is 4.79 Å². The van der Waals surface area contributed by atoms with Crippen LogP contribution in [0, 0.1) is 6.92 Å². The molecule has 2 heterocycles. The molecule has 0 bridgehead atoms. The molecule has 0 saturated heterocycles. The number of methoxy groups -OCH3 is 1. The number of benzene rings is 2. The highest BCUT2D eigenvalue weighted by Gasteiger charge is 2.22. The summed E-state index contributed by atoms with van der Waals surface area (Å²) in [6, 6.07) is 19.1. The molecule has 0 aliphatic carbocycles. The molecule has 0 saturated carbocycles. The van der Waals surface area contributed by atoms with Crippen molar-refractivity contribution in [1.29, 1.82) is 0 Å². The summed E-state index contributed by atoms with van der Waals surface area (Å²) in [4.78, 5) is 17.2. The molecule has 0 radical (unpaired) electrons. The van der Waals surface area contributed by atoms with Gasteiger partial charge in [0.15, 0.2) is 5.69 Å². The molecule has 0 atom stereocenters. The summed E-state index contributed by atoms with van der Waals surface area (Å²) >= 11 is 0. The molecule has 1 amide bonds. The molecule has 0 unspecified atom stereocenters. The molecule has 7 heteroatoms. The normalized spacial score (nSPS) is 10.6. The number of amides is 1. The first-order valence-electron chi connectivity index (χ1n) is 9.50. The molecular formula is C23H21N5O2. The lowest BCUT2D eigenvalue weighted by atomic mass is 10.1. The van der Waals surface area contributed by atoms with Gasteiger partial charge in [-0.1, -0.05) is 41.1 Å². The van der Waals surface area contributed by atoms with Crippen molar-refractivity contribution in [2.24, 2.45) is 0 Å². The van der Waals surface area contributed by atoms with Gasteiger partial charge in [0.2, 0.25) is 0 Å². The standard InChI is InChI=1S/C23H21N5O2/c1-16-8-10-17(11-9-16)14-25-23(29)21-22(18-5-4-12-24-15-18)28(27-26-21)19-6-3-7-20(13-19)30-2/h3-13,15H,14H2,1-2H3,(H,25,29). The largest absolute Gasteiger partial charge is 0.497 e. The molecule has 0 fully saturated rings. The Morgan fingerprint density at radius 3 is 2.67 bits per heavy atom. The van der Waals surface area contributed by atoms with Crippen molar-refractivity contribution in [3.8, 4) is 22.7 Å². The number of ether oxygens (including phenoxy) is 1. The zero-order valence-electron chi connectivity index (χ0n) is 16.7. The highest BCUT2D eigenvalue weighted by Crippen LogP contribution is 2.26. The molecule has 0 aliphatic rings. The molecule has 150 valence electrons. The Bertz CT molecular complexity index is 1150. The molecule has 2 aromatic heterocycles. The molecule has 0 spiro atoms. The maximum atomic E-state index is 13.0. The summed E-state index contributed by atoms with van der Waals surface area (Å²) in [5.41, 5.74) is 4.46. The number of carbonyl (C=O) groups excluding carboxylic acids is 1. The van der Waals surface area contributed by atoms with Crippen LogP contribution < -0.4 is 10.1 Å². The van der Waals surface area contributed by atoms with Gasteiger partial charge in [0.25, 0.3) is 5.91 Å². The highest BCUT2D eigenvalue weighted by molar-refractivity contribution is 5.98. The second kappa shape index (κ2) is 8.57. The second-order valence-corrected chi connectivity index (χ2v) is 6.81. The van der Waals surface area contributed by atoms with E-state index in [1.54, 1.807) is 24.2 Å². The number of aromatic nitrogens is 4. The number of aryl methyl sites for hydroxylation is 1. The molecule has 0 aliphatic heterocycles. The van der Waals surface area contributed by atoms with Gasteiger partial charge in [-0.3, -0.25) is 9.78 Å². The fraction of sp³-hybridized carbons (Fsp3) is 0.130. The van der Waals surface area contributed by atoms with Gasteiger partial charge in [0.05, 0.1) is 12.8 Å². The fourth-order valence-corrected chi connectivity index (χ4v) is 3.09. The Labute approximate surface area is 174 Å². The van der Waals surface area contributed by atoms with Gasteiger partial charge in [0, 0.05) is 30.6 Å². The monoisotopic (exact) mass is 399 g/mol. The first-order valence-corrected chi connectivity index (χ1v) is 9.50. The quantitative estimate of drug-likeness (QED) is 0.536. The Kier molecular flexibility index (Phi) is 5.52. The molecule has 1 N–H and O–H groups in total.